The van der Waals surface area contributed by atoms with Crippen LogP contribution in [0.1, 0.15) is 49.9 Å². The molecule has 1 unspecified atom stereocenters. The molecule has 2 rings (SSSR count). The fourth-order valence-electron chi connectivity index (χ4n) is 3.00. The fourth-order valence-corrected chi connectivity index (χ4v) is 4.32. The molecule has 0 aliphatic heterocycles. The Bertz CT molecular complexity index is 551. The third-order valence-electron chi connectivity index (χ3n) is 4.15. The van der Waals surface area contributed by atoms with Gasteiger partial charge in [0.2, 0.25) is 0 Å². The third kappa shape index (κ3) is 4.15. The Morgan fingerprint density at radius 2 is 1.05 bits per heavy atom. The highest BCUT2D eigenvalue weighted by Crippen LogP contribution is 2.36. The number of hydrogen-bond acceptors (Lipinski definition) is 1. The van der Waals surface area contributed by atoms with E-state index in [0.29, 0.717) is 0 Å². The Morgan fingerprint density at radius 3 is 1.36 bits per heavy atom. The topological polar surface area (TPSA) is 0 Å². The lowest BCUT2D eigenvalue weighted by atomic mass is 10.0. The van der Waals surface area contributed by atoms with Gasteiger partial charge in [0.05, 0.1) is 0 Å². The highest BCUT2D eigenvalue weighted by atomic mass is 32.2. The largest absolute Gasteiger partial charge is 0.153 e. The summed E-state index contributed by atoms with van der Waals surface area (Å²) in [6.45, 7) is 9.03. The zero-order chi connectivity index (χ0) is 15.2. The summed E-state index contributed by atoms with van der Waals surface area (Å²) in [6, 6.07) is 13.5. The molecule has 0 N–H and O–H groups in total. The maximum Gasteiger partial charge on any atom is 0.0157 e. The summed E-state index contributed by atoms with van der Waals surface area (Å²) in [6.07, 6.45) is 4.46. The second-order valence-corrected chi connectivity index (χ2v) is 6.39. The van der Waals surface area contributed by atoms with Gasteiger partial charge in [0.15, 0.2) is 0 Å². The molecule has 0 aliphatic carbocycles. The fraction of sp³-hybridized carbons (Fsp3) is 0.400. The van der Waals surface area contributed by atoms with Crippen LogP contribution in [0.15, 0.2) is 46.2 Å². The van der Waals surface area contributed by atoms with Crippen LogP contribution in [0.4, 0.5) is 0 Å². The summed E-state index contributed by atoms with van der Waals surface area (Å²) in [7, 11) is 0. The molecular formula is C20H29PS. The third-order valence-corrected chi connectivity index (χ3v) is 5.35. The van der Waals surface area contributed by atoms with Crippen LogP contribution >= 0.6 is 21.7 Å². The lowest BCUT2D eigenvalue weighted by molar-refractivity contribution is 0.985. The molecule has 0 bridgehead atoms. The molecular weight excluding hydrogens is 303 g/mol. The van der Waals surface area contributed by atoms with Crippen molar-refractivity contribution in [2.45, 2.75) is 63.2 Å². The maximum atomic E-state index is 2.28. The van der Waals surface area contributed by atoms with Gasteiger partial charge in [-0.3, -0.25) is 0 Å². The van der Waals surface area contributed by atoms with Crippen LogP contribution in [0, 0.1) is 0 Å². The minimum absolute atomic E-state index is 0. The molecule has 2 aromatic carbocycles. The van der Waals surface area contributed by atoms with Crippen molar-refractivity contribution in [3.63, 3.8) is 0 Å². The van der Waals surface area contributed by atoms with E-state index in [1.807, 2.05) is 11.8 Å². The SMILES string of the molecule is CCc1cccc(Sc2cccc(CC)c2CC)c1CC.P. The highest BCUT2D eigenvalue weighted by Gasteiger charge is 2.11. The van der Waals surface area contributed by atoms with Gasteiger partial charge in [0.25, 0.3) is 0 Å². The zero-order valence-corrected chi connectivity index (χ0v) is 16.6. The molecule has 0 aliphatic rings. The minimum Gasteiger partial charge on any atom is -0.153 e. The van der Waals surface area contributed by atoms with E-state index in [4.69, 9.17) is 0 Å². The molecule has 22 heavy (non-hydrogen) atoms. The molecule has 0 saturated heterocycles. The molecule has 0 saturated carbocycles. The molecule has 0 nitrogen and oxygen atoms in total. The number of benzene rings is 2. The Balaban J connectivity index is 0.00000242. The second kappa shape index (κ2) is 9.38. The first-order chi connectivity index (χ1) is 10.2. The van der Waals surface area contributed by atoms with Crippen molar-refractivity contribution in [2.75, 3.05) is 0 Å². The average molecular weight is 332 g/mol. The Kier molecular flexibility index (Phi) is 8.21. The average Bonchev–Trinajstić information content (AvgIpc) is 2.54. The van der Waals surface area contributed by atoms with Crippen molar-refractivity contribution in [1.29, 1.82) is 0 Å². The van der Waals surface area contributed by atoms with E-state index in [0.717, 1.165) is 25.7 Å². The van der Waals surface area contributed by atoms with Gasteiger partial charge in [0.1, 0.15) is 0 Å². The zero-order valence-electron chi connectivity index (χ0n) is 14.4. The van der Waals surface area contributed by atoms with Crippen molar-refractivity contribution in [3.8, 4) is 0 Å². The van der Waals surface area contributed by atoms with Crippen LogP contribution in [0.5, 0.6) is 0 Å². The van der Waals surface area contributed by atoms with Gasteiger partial charge >= 0.3 is 0 Å². The van der Waals surface area contributed by atoms with Crippen LogP contribution < -0.4 is 0 Å². The van der Waals surface area contributed by atoms with Gasteiger partial charge < -0.3 is 0 Å². The smallest absolute Gasteiger partial charge is 0.0157 e. The first-order valence-electron chi connectivity index (χ1n) is 8.14. The lowest BCUT2D eigenvalue weighted by Gasteiger charge is -2.15. The van der Waals surface area contributed by atoms with Crippen LogP contribution in [0.3, 0.4) is 0 Å². The van der Waals surface area contributed by atoms with Crippen molar-refractivity contribution in [1.82, 2.24) is 0 Å². The van der Waals surface area contributed by atoms with E-state index >= 15 is 0 Å². The van der Waals surface area contributed by atoms with E-state index in [2.05, 4.69) is 64.1 Å². The van der Waals surface area contributed by atoms with Crippen molar-refractivity contribution >= 4 is 21.7 Å². The summed E-state index contributed by atoms with van der Waals surface area (Å²) in [4.78, 5) is 2.86. The normalized spacial score (nSPS) is 10.4. The summed E-state index contributed by atoms with van der Waals surface area (Å²) < 4.78 is 0. The Labute approximate surface area is 143 Å². The molecule has 0 amide bonds. The van der Waals surface area contributed by atoms with E-state index in [-0.39, 0.29) is 9.90 Å². The monoisotopic (exact) mass is 332 g/mol. The minimum atomic E-state index is 0. The second-order valence-electron chi connectivity index (χ2n) is 5.30. The van der Waals surface area contributed by atoms with Crippen LogP contribution in [0.2, 0.25) is 0 Å². The molecule has 0 fully saturated rings. The van der Waals surface area contributed by atoms with Crippen LogP contribution in [-0.4, -0.2) is 0 Å². The van der Waals surface area contributed by atoms with E-state index in [9.17, 15) is 0 Å². The molecule has 0 radical (unpaired) electrons. The first kappa shape index (κ1) is 19.3. The summed E-state index contributed by atoms with van der Waals surface area (Å²) in [5.74, 6) is 0. The number of hydrogen-bond donors (Lipinski definition) is 0. The molecule has 2 aromatic rings. The molecule has 2 heteroatoms. The van der Waals surface area contributed by atoms with Gasteiger partial charge in [-0.05, 0) is 60.1 Å². The summed E-state index contributed by atoms with van der Waals surface area (Å²) >= 11 is 1.95. The van der Waals surface area contributed by atoms with Crippen molar-refractivity contribution in [3.05, 3.63) is 58.7 Å². The van der Waals surface area contributed by atoms with Crippen molar-refractivity contribution < 1.29 is 0 Å². The maximum absolute atomic E-state index is 2.28. The lowest BCUT2D eigenvalue weighted by Crippen LogP contribution is -1.96. The first-order valence-corrected chi connectivity index (χ1v) is 8.96. The van der Waals surface area contributed by atoms with Crippen molar-refractivity contribution in [2.24, 2.45) is 0 Å². The Hall–Kier alpha value is -0.780. The van der Waals surface area contributed by atoms with Gasteiger partial charge in [-0.2, -0.15) is 9.90 Å². The molecule has 120 valence electrons. The molecule has 1 atom stereocenters. The summed E-state index contributed by atoms with van der Waals surface area (Å²) in [5.41, 5.74) is 6.03. The highest BCUT2D eigenvalue weighted by molar-refractivity contribution is 7.99. The van der Waals surface area contributed by atoms with E-state index in [1.165, 1.54) is 32.0 Å². The standard InChI is InChI=1S/C20H26S.H3P/c1-5-15-11-9-13-19(17(15)7-3)21-20-14-10-12-16(6-2)18(20)8-4;/h9-14H,5-8H2,1-4H3;1H3. The molecule has 0 aromatic heterocycles. The molecule has 0 spiro atoms. The van der Waals surface area contributed by atoms with Gasteiger partial charge in [-0.1, -0.05) is 63.7 Å². The summed E-state index contributed by atoms with van der Waals surface area (Å²) in [5, 5.41) is 0. The number of aryl methyl sites for hydroxylation is 2. The number of rotatable bonds is 6. The van der Waals surface area contributed by atoms with E-state index < -0.39 is 0 Å². The predicted molar refractivity (Wildman–Crippen MR) is 106 cm³/mol. The quantitative estimate of drug-likeness (QED) is 0.572. The van der Waals surface area contributed by atoms with E-state index in [1.54, 1.807) is 0 Å². The Morgan fingerprint density at radius 1 is 0.636 bits per heavy atom. The van der Waals surface area contributed by atoms with Crippen LogP contribution in [0.25, 0.3) is 0 Å². The molecule has 0 heterocycles. The van der Waals surface area contributed by atoms with Crippen LogP contribution in [-0.2, 0) is 25.7 Å². The predicted octanol–water partition coefficient (Wildman–Crippen LogP) is 6.15. The van der Waals surface area contributed by atoms with Gasteiger partial charge in [0, 0.05) is 9.79 Å². The van der Waals surface area contributed by atoms with Gasteiger partial charge in [-0.15, -0.1) is 0 Å². The van der Waals surface area contributed by atoms with Gasteiger partial charge in [-0.25, -0.2) is 0 Å².